The molecule has 5 nitrogen and oxygen atoms in total. The molecule has 1 unspecified atom stereocenters. The molecule has 0 aliphatic heterocycles. The Morgan fingerprint density at radius 3 is 2.30 bits per heavy atom. The van der Waals surface area contributed by atoms with Crippen LogP contribution in [0.4, 0.5) is 13.2 Å². The van der Waals surface area contributed by atoms with Crippen molar-refractivity contribution in [2.24, 2.45) is 5.41 Å². The average Bonchev–Trinajstić information content (AvgIpc) is 2.35. The predicted molar refractivity (Wildman–Crippen MR) is 77.3 cm³/mol. The van der Waals surface area contributed by atoms with Gasteiger partial charge in [0.05, 0.1) is 16.8 Å². The lowest BCUT2D eigenvalue weighted by Crippen LogP contribution is -2.47. The van der Waals surface area contributed by atoms with Crippen LogP contribution in [0.25, 0.3) is 0 Å². The molecule has 2 N–H and O–H groups in total. The number of halogens is 3. The number of carbonyl (C=O) groups is 2. The van der Waals surface area contributed by atoms with Crippen LogP contribution in [0.15, 0.2) is 12.3 Å². The smallest absolute Gasteiger partial charge is 0.408 e. The summed E-state index contributed by atoms with van der Waals surface area (Å²) < 4.78 is 39.3. The zero-order chi connectivity index (χ0) is 18.0. The van der Waals surface area contributed by atoms with E-state index in [1.165, 1.54) is 6.92 Å². The van der Waals surface area contributed by atoms with Crippen LogP contribution in [-0.2, 0) is 0 Å². The fraction of sp³-hybridized carbons (Fsp3) is 0.533. The summed E-state index contributed by atoms with van der Waals surface area (Å²) >= 11 is 0. The van der Waals surface area contributed by atoms with Crippen molar-refractivity contribution in [3.8, 4) is 0 Å². The van der Waals surface area contributed by atoms with Crippen molar-refractivity contribution in [3.63, 3.8) is 0 Å². The number of pyridine rings is 1. The van der Waals surface area contributed by atoms with Gasteiger partial charge in [-0.1, -0.05) is 20.8 Å². The van der Waals surface area contributed by atoms with Crippen LogP contribution < -0.4 is 5.32 Å². The Morgan fingerprint density at radius 1 is 1.30 bits per heavy atom. The number of carbonyl (C=O) groups excluding carboxylic acids is 1. The summed E-state index contributed by atoms with van der Waals surface area (Å²) in [6.07, 6.45) is -3.85. The molecule has 0 aliphatic rings. The average molecular weight is 332 g/mol. The molecule has 0 radical (unpaired) electrons. The highest BCUT2D eigenvalue weighted by Crippen LogP contribution is 2.30. The number of alkyl halides is 3. The second-order valence-electron chi connectivity index (χ2n) is 6.49. The van der Waals surface area contributed by atoms with Gasteiger partial charge < -0.3 is 10.4 Å². The molecule has 1 atom stereocenters. The normalized spacial score (nSPS) is 13.5. The first kappa shape index (κ1) is 18.9. The number of aryl methyl sites for hydroxylation is 1. The molecule has 0 saturated heterocycles. The molecule has 1 heterocycles. The maximum absolute atomic E-state index is 13.1. The molecule has 1 aromatic rings. The van der Waals surface area contributed by atoms with E-state index in [4.69, 9.17) is 5.11 Å². The topological polar surface area (TPSA) is 79.3 Å². The standard InChI is InChI=1S/C15H19F3N2O3/c1-8-10(5-9(7-19-8)13(22)23)12(21)20-11(15(16,17)18)6-14(2,3)4/h5,7,11H,6H2,1-4H3,(H,20,21)(H,22,23). The third kappa shape index (κ3) is 5.54. The third-order valence-corrected chi connectivity index (χ3v) is 3.10. The van der Waals surface area contributed by atoms with Crippen molar-refractivity contribution < 1.29 is 27.9 Å². The van der Waals surface area contributed by atoms with Gasteiger partial charge in [-0.05, 0) is 24.8 Å². The second-order valence-corrected chi connectivity index (χ2v) is 6.49. The molecule has 0 saturated carbocycles. The van der Waals surface area contributed by atoms with Crippen molar-refractivity contribution >= 4 is 11.9 Å². The van der Waals surface area contributed by atoms with E-state index in [1.54, 1.807) is 20.8 Å². The fourth-order valence-corrected chi connectivity index (χ4v) is 1.98. The minimum absolute atomic E-state index is 0.157. The zero-order valence-corrected chi connectivity index (χ0v) is 13.3. The Hall–Kier alpha value is -2.12. The summed E-state index contributed by atoms with van der Waals surface area (Å²) in [5.41, 5.74) is -0.943. The van der Waals surface area contributed by atoms with E-state index >= 15 is 0 Å². The second kappa shape index (κ2) is 6.55. The van der Waals surface area contributed by atoms with E-state index in [-0.39, 0.29) is 23.2 Å². The maximum Gasteiger partial charge on any atom is 0.408 e. The van der Waals surface area contributed by atoms with Gasteiger partial charge in [0.15, 0.2) is 0 Å². The van der Waals surface area contributed by atoms with E-state index < -0.39 is 29.5 Å². The Morgan fingerprint density at radius 2 is 1.87 bits per heavy atom. The largest absolute Gasteiger partial charge is 0.478 e. The molecule has 0 bridgehead atoms. The van der Waals surface area contributed by atoms with Gasteiger partial charge in [0.2, 0.25) is 0 Å². The van der Waals surface area contributed by atoms with Gasteiger partial charge in [-0.25, -0.2) is 4.79 Å². The lowest BCUT2D eigenvalue weighted by atomic mass is 9.87. The van der Waals surface area contributed by atoms with Gasteiger partial charge in [0.1, 0.15) is 6.04 Å². The number of hydrogen-bond donors (Lipinski definition) is 2. The summed E-state index contributed by atoms with van der Waals surface area (Å²) in [7, 11) is 0. The number of nitrogens with one attached hydrogen (secondary N) is 1. The number of nitrogens with zero attached hydrogens (tertiary/aromatic N) is 1. The van der Waals surface area contributed by atoms with Gasteiger partial charge in [-0.3, -0.25) is 9.78 Å². The SMILES string of the molecule is Cc1ncc(C(=O)O)cc1C(=O)NC(CC(C)(C)C)C(F)(F)F. The Balaban J connectivity index is 3.08. The number of rotatable bonds is 4. The molecule has 0 spiro atoms. The Labute approximate surface area is 131 Å². The monoisotopic (exact) mass is 332 g/mol. The molecule has 0 fully saturated rings. The summed E-state index contributed by atoms with van der Waals surface area (Å²) in [5, 5.41) is 10.8. The minimum atomic E-state index is -4.60. The van der Waals surface area contributed by atoms with E-state index in [2.05, 4.69) is 4.98 Å². The van der Waals surface area contributed by atoms with Gasteiger partial charge in [0, 0.05) is 6.20 Å². The summed E-state index contributed by atoms with van der Waals surface area (Å²) in [6, 6.07) is -1.01. The van der Waals surface area contributed by atoms with Crippen molar-refractivity contribution in [1.82, 2.24) is 10.3 Å². The summed E-state index contributed by atoms with van der Waals surface area (Å²) in [6.45, 7) is 6.33. The molecule has 23 heavy (non-hydrogen) atoms. The molecular formula is C15H19F3N2O3. The Kier molecular flexibility index (Phi) is 5.39. The van der Waals surface area contributed by atoms with Gasteiger partial charge >= 0.3 is 12.1 Å². The third-order valence-electron chi connectivity index (χ3n) is 3.10. The highest BCUT2D eigenvalue weighted by atomic mass is 19.4. The van der Waals surface area contributed by atoms with Crippen molar-refractivity contribution in [2.45, 2.75) is 46.3 Å². The maximum atomic E-state index is 13.1. The van der Waals surface area contributed by atoms with Gasteiger partial charge in [-0.15, -0.1) is 0 Å². The van der Waals surface area contributed by atoms with Crippen LogP contribution in [-0.4, -0.2) is 34.2 Å². The highest BCUT2D eigenvalue weighted by molar-refractivity contribution is 5.98. The molecule has 1 aromatic heterocycles. The number of aromatic nitrogens is 1. The zero-order valence-electron chi connectivity index (χ0n) is 13.3. The molecule has 1 rings (SSSR count). The van der Waals surface area contributed by atoms with E-state index in [9.17, 15) is 22.8 Å². The van der Waals surface area contributed by atoms with Crippen LogP contribution in [0.5, 0.6) is 0 Å². The summed E-state index contributed by atoms with van der Waals surface area (Å²) in [5.74, 6) is -2.31. The quantitative estimate of drug-likeness (QED) is 0.887. The first-order valence-electron chi connectivity index (χ1n) is 6.89. The van der Waals surface area contributed by atoms with Crippen LogP contribution in [0.3, 0.4) is 0 Å². The van der Waals surface area contributed by atoms with Crippen LogP contribution in [0.1, 0.15) is 53.6 Å². The lowest BCUT2D eigenvalue weighted by molar-refractivity contribution is -0.159. The molecule has 128 valence electrons. The number of hydrogen-bond acceptors (Lipinski definition) is 3. The van der Waals surface area contributed by atoms with Crippen LogP contribution in [0.2, 0.25) is 0 Å². The van der Waals surface area contributed by atoms with Crippen molar-refractivity contribution in [2.75, 3.05) is 0 Å². The van der Waals surface area contributed by atoms with E-state index in [0.717, 1.165) is 12.3 Å². The Bertz CT molecular complexity index is 607. The fourth-order valence-electron chi connectivity index (χ4n) is 1.98. The van der Waals surface area contributed by atoms with Gasteiger partial charge in [0.25, 0.3) is 5.91 Å². The number of aromatic carboxylic acids is 1. The van der Waals surface area contributed by atoms with E-state index in [1.807, 2.05) is 5.32 Å². The molecule has 0 aromatic carbocycles. The number of carboxylic acid groups (broad SMARTS) is 1. The summed E-state index contributed by atoms with van der Waals surface area (Å²) in [4.78, 5) is 26.8. The number of amides is 1. The molecular weight excluding hydrogens is 313 g/mol. The highest BCUT2D eigenvalue weighted by Gasteiger charge is 2.42. The van der Waals surface area contributed by atoms with Crippen LogP contribution >= 0.6 is 0 Å². The molecule has 8 heteroatoms. The van der Waals surface area contributed by atoms with Crippen LogP contribution in [0, 0.1) is 12.3 Å². The first-order chi connectivity index (χ1) is 10.3. The first-order valence-corrected chi connectivity index (χ1v) is 6.89. The lowest BCUT2D eigenvalue weighted by Gasteiger charge is -2.28. The molecule has 1 amide bonds. The van der Waals surface area contributed by atoms with Crippen molar-refractivity contribution in [3.05, 3.63) is 29.1 Å². The number of carboxylic acids is 1. The van der Waals surface area contributed by atoms with Crippen molar-refractivity contribution in [1.29, 1.82) is 0 Å². The van der Waals surface area contributed by atoms with E-state index in [0.29, 0.717) is 0 Å². The molecule has 0 aliphatic carbocycles. The minimum Gasteiger partial charge on any atom is -0.478 e. The van der Waals surface area contributed by atoms with Gasteiger partial charge in [-0.2, -0.15) is 13.2 Å². The predicted octanol–water partition coefficient (Wildman–Crippen LogP) is 3.19.